The number of unbranched alkanes of at least 4 members (excludes halogenated alkanes) is 1. The van der Waals surface area contributed by atoms with Gasteiger partial charge < -0.3 is 9.47 Å². The topological polar surface area (TPSA) is 18.5 Å². The Morgan fingerprint density at radius 1 is 0.650 bits per heavy atom. The monoisotopic (exact) mass is 546 g/mol. The Labute approximate surface area is 232 Å². The summed E-state index contributed by atoms with van der Waals surface area (Å²) in [5, 5.41) is 0. The molecule has 206 valence electrons. The van der Waals surface area contributed by atoms with Crippen molar-refractivity contribution in [3.05, 3.63) is 120 Å². The van der Waals surface area contributed by atoms with Gasteiger partial charge in [-0.2, -0.15) is 4.39 Å². The van der Waals surface area contributed by atoms with Gasteiger partial charge in [-0.1, -0.05) is 80.1 Å². The van der Waals surface area contributed by atoms with E-state index in [1.54, 1.807) is 60.7 Å². The smallest absolute Gasteiger partial charge is 0.201 e. The van der Waals surface area contributed by atoms with Gasteiger partial charge >= 0.3 is 0 Å². The van der Waals surface area contributed by atoms with Crippen molar-refractivity contribution < 1.29 is 27.0 Å². The zero-order valence-corrected chi connectivity index (χ0v) is 22.2. The molecule has 0 aliphatic carbocycles. The quantitative estimate of drug-likeness (QED) is 0.0762. The molecule has 0 radical (unpaired) electrons. The summed E-state index contributed by atoms with van der Waals surface area (Å²) in [6.45, 7) is 6.46. The largest absolute Gasteiger partial charge is 0.494 e. The second-order valence-electron chi connectivity index (χ2n) is 9.18. The summed E-state index contributed by atoms with van der Waals surface area (Å²) in [6.07, 6.45) is 7.21. The third kappa shape index (κ3) is 6.81. The van der Waals surface area contributed by atoms with Gasteiger partial charge in [-0.15, -0.1) is 6.58 Å². The number of hydrogen-bond acceptors (Lipinski definition) is 2. The highest BCUT2D eigenvalue weighted by atomic mass is 19.2. The molecule has 0 aliphatic heterocycles. The van der Waals surface area contributed by atoms with E-state index >= 15 is 0 Å². The Balaban J connectivity index is 1.46. The second-order valence-corrected chi connectivity index (χ2v) is 9.18. The molecular formula is C34H30F4O2. The predicted molar refractivity (Wildman–Crippen MR) is 153 cm³/mol. The summed E-state index contributed by atoms with van der Waals surface area (Å²) >= 11 is 0. The average Bonchev–Trinajstić information content (AvgIpc) is 2.97. The molecule has 0 atom stereocenters. The maximum Gasteiger partial charge on any atom is 0.201 e. The van der Waals surface area contributed by atoms with Gasteiger partial charge in [0, 0.05) is 16.7 Å². The van der Waals surface area contributed by atoms with Crippen molar-refractivity contribution in [3.63, 3.8) is 0 Å². The van der Waals surface area contributed by atoms with Crippen LogP contribution >= 0.6 is 0 Å². The molecule has 2 nitrogen and oxygen atoms in total. The number of benzene rings is 4. The maximum absolute atomic E-state index is 14.9. The zero-order chi connectivity index (χ0) is 28.5. The van der Waals surface area contributed by atoms with Crippen molar-refractivity contribution in [1.29, 1.82) is 0 Å². The summed E-state index contributed by atoms with van der Waals surface area (Å²) in [6, 6.07) is 19.4. The standard InChI is InChI=1S/C34H30F4O2/c1-3-5-21-39-27-16-13-25(14-17-27)28-18-15-26(31(35)32(28)36)12-9-23-7-10-24(11-8-23)29-19-20-30(34(38)33(29)37)40-22-6-4-2/h4,7-20H,2-3,5-6,21-22H2,1H3/b12-9+. The predicted octanol–water partition coefficient (Wildman–Crippen LogP) is 9.88. The third-order valence-electron chi connectivity index (χ3n) is 6.35. The van der Waals surface area contributed by atoms with Crippen LogP contribution in [0.3, 0.4) is 0 Å². The molecule has 0 aromatic heterocycles. The number of hydrogen-bond donors (Lipinski definition) is 0. The van der Waals surface area contributed by atoms with E-state index < -0.39 is 23.3 Å². The minimum Gasteiger partial charge on any atom is -0.494 e. The van der Waals surface area contributed by atoms with E-state index in [2.05, 4.69) is 13.5 Å². The van der Waals surface area contributed by atoms with E-state index in [9.17, 15) is 17.6 Å². The minimum absolute atomic E-state index is 0.0880. The fraction of sp³-hybridized carbons (Fsp3) is 0.176. The van der Waals surface area contributed by atoms with Crippen LogP contribution in [0.2, 0.25) is 0 Å². The Bertz CT molecular complexity index is 1480. The van der Waals surface area contributed by atoms with E-state index in [4.69, 9.17) is 9.47 Å². The van der Waals surface area contributed by atoms with Gasteiger partial charge in [0.15, 0.2) is 23.2 Å². The summed E-state index contributed by atoms with van der Waals surface area (Å²) in [5.41, 5.74) is 2.03. The zero-order valence-electron chi connectivity index (χ0n) is 22.2. The lowest BCUT2D eigenvalue weighted by atomic mass is 10.0. The lowest BCUT2D eigenvalue weighted by Crippen LogP contribution is -2.00. The minimum atomic E-state index is -1.05. The molecule has 4 aromatic rings. The van der Waals surface area contributed by atoms with Crippen LogP contribution in [0.15, 0.2) is 85.5 Å². The van der Waals surface area contributed by atoms with Crippen LogP contribution in [-0.2, 0) is 0 Å². The SMILES string of the molecule is C=CCCOc1ccc(-c2ccc(/C=C/c3ccc(-c4ccc(OCCCC)cc4)c(F)c3F)cc2)c(F)c1F. The van der Waals surface area contributed by atoms with E-state index in [0.717, 1.165) is 12.8 Å². The van der Waals surface area contributed by atoms with Gasteiger partial charge in [0.2, 0.25) is 5.82 Å². The van der Waals surface area contributed by atoms with Crippen LogP contribution in [0.5, 0.6) is 11.5 Å². The summed E-state index contributed by atoms with van der Waals surface area (Å²) in [7, 11) is 0. The first-order chi connectivity index (χ1) is 19.4. The first kappa shape index (κ1) is 28.7. The van der Waals surface area contributed by atoms with Gasteiger partial charge in [-0.3, -0.25) is 0 Å². The van der Waals surface area contributed by atoms with Crippen molar-refractivity contribution in [3.8, 4) is 33.8 Å². The Morgan fingerprint density at radius 3 is 1.93 bits per heavy atom. The van der Waals surface area contributed by atoms with E-state index in [0.29, 0.717) is 35.5 Å². The van der Waals surface area contributed by atoms with Crippen molar-refractivity contribution in [2.24, 2.45) is 0 Å². The van der Waals surface area contributed by atoms with E-state index in [-0.39, 0.29) is 29.0 Å². The van der Waals surface area contributed by atoms with Crippen molar-refractivity contribution in [2.45, 2.75) is 26.2 Å². The molecule has 0 unspecified atom stereocenters. The Kier molecular flexibility index (Phi) is 9.79. The first-order valence-corrected chi connectivity index (χ1v) is 13.1. The maximum atomic E-state index is 14.9. The molecular weight excluding hydrogens is 516 g/mol. The lowest BCUT2D eigenvalue weighted by Gasteiger charge is -2.10. The fourth-order valence-corrected chi connectivity index (χ4v) is 4.06. The van der Waals surface area contributed by atoms with E-state index in [1.807, 2.05) is 0 Å². The Morgan fingerprint density at radius 2 is 1.27 bits per heavy atom. The van der Waals surface area contributed by atoms with Crippen LogP contribution in [-0.4, -0.2) is 13.2 Å². The van der Waals surface area contributed by atoms with Crippen LogP contribution in [0, 0.1) is 23.3 Å². The molecule has 0 saturated heterocycles. The molecule has 0 aliphatic rings. The molecule has 0 heterocycles. The van der Waals surface area contributed by atoms with Crippen molar-refractivity contribution in [2.75, 3.05) is 13.2 Å². The highest BCUT2D eigenvalue weighted by Crippen LogP contribution is 2.31. The van der Waals surface area contributed by atoms with Crippen molar-refractivity contribution >= 4 is 12.2 Å². The molecule has 4 rings (SSSR count). The molecule has 0 amide bonds. The number of ether oxygens (including phenoxy) is 2. The van der Waals surface area contributed by atoms with Crippen LogP contribution in [0.25, 0.3) is 34.4 Å². The van der Waals surface area contributed by atoms with Crippen LogP contribution < -0.4 is 9.47 Å². The summed E-state index contributed by atoms with van der Waals surface area (Å²) in [4.78, 5) is 0. The van der Waals surface area contributed by atoms with Crippen LogP contribution in [0.4, 0.5) is 17.6 Å². The molecule has 6 heteroatoms. The molecule has 4 aromatic carbocycles. The van der Waals surface area contributed by atoms with Gasteiger partial charge in [0.25, 0.3) is 0 Å². The molecule has 0 spiro atoms. The number of halogens is 4. The van der Waals surface area contributed by atoms with Gasteiger partial charge in [0.1, 0.15) is 5.75 Å². The highest BCUT2D eigenvalue weighted by Gasteiger charge is 2.16. The molecule has 40 heavy (non-hydrogen) atoms. The highest BCUT2D eigenvalue weighted by molar-refractivity contribution is 5.74. The average molecular weight is 547 g/mol. The third-order valence-corrected chi connectivity index (χ3v) is 6.35. The fourth-order valence-electron chi connectivity index (χ4n) is 4.06. The number of rotatable bonds is 12. The molecule has 0 bridgehead atoms. The Hall–Kier alpha value is -4.32. The van der Waals surface area contributed by atoms with E-state index in [1.165, 1.54) is 30.3 Å². The summed E-state index contributed by atoms with van der Waals surface area (Å²) in [5.74, 6) is -3.43. The van der Waals surface area contributed by atoms with Crippen LogP contribution in [0.1, 0.15) is 37.3 Å². The van der Waals surface area contributed by atoms with Gasteiger partial charge in [0.05, 0.1) is 13.2 Å². The van der Waals surface area contributed by atoms with Crippen molar-refractivity contribution in [1.82, 2.24) is 0 Å². The second kappa shape index (κ2) is 13.7. The molecule has 0 fully saturated rings. The lowest BCUT2D eigenvalue weighted by molar-refractivity contribution is 0.302. The summed E-state index contributed by atoms with van der Waals surface area (Å²) < 4.78 is 69.8. The first-order valence-electron chi connectivity index (χ1n) is 13.1. The molecule has 0 N–H and O–H groups in total. The van der Waals surface area contributed by atoms with Gasteiger partial charge in [-0.05, 0) is 53.8 Å². The van der Waals surface area contributed by atoms with Gasteiger partial charge in [-0.25, -0.2) is 13.2 Å². The molecule has 0 saturated carbocycles. The normalized spacial score (nSPS) is 11.1.